The van der Waals surface area contributed by atoms with Crippen molar-refractivity contribution in [3.63, 3.8) is 0 Å². The van der Waals surface area contributed by atoms with Crippen molar-refractivity contribution in [3.8, 4) is 0 Å². The fourth-order valence-electron chi connectivity index (χ4n) is 1.19. The number of aliphatic hydroxyl groups is 1. The number of nitro groups is 1. The molecule has 0 aliphatic carbocycles. The number of nitrogens with zero attached hydrogens (tertiary/aromatic N) is 1. The third-order valence-electron chi connectivity index (χ3n) is 2.19. The van der Waals surface area contributed by atoms with Crippen LogP contribution < -0.4 is 11.1 Å². The molecule has 19 heavy (non-hydrogen) atoms. The lowest BCUT2D eigenvalue weighted by Crippen LogP contribution is -2.40. The largest absolute Gasteiger partial charge is 0.381 e. The summed E-state index contributed by atoms with van der Waals surface area (Å²) in [4.78, 5) is 32.0. The van der Waals surface area contributed by atoms with E-state index in [9.17, 15) is 19.7 Å². The molecule has 102 valence electrons. The van der Waals surface area contributed by atoms with Gasteiger partial charge in [0.15, 0.2) is 0 Å². The Morgan fingerprint density at radius 2 is 2.16 bits per heavy atom. The Kier molecular flexibility index (Phi) is 4.79. The van der Waals surface area contributed by atoms with Gasteiger partial charge >= 0.3 is 0 Å². The predicted molar refractivity (Wildman–Crippen MR) is 65.6 cm³/mol. The summed E-state index contributed by atoms with van der Waals surface area (Å²) in [5.41, 5.74) is 4.54. The molecule has 0 heterocycles. The highest BCUT2D eigenvalue weighted by molar-refractivity contribution is 6.34. The van der Waals surface area contributed by atoms with Crippen molar-refractivity contribution >= 4 is 29.1 Å². The highest BCUT2D eigenvalue weighted by Crippen LogP contribution is 2.22. The van der Waals surface area contributed by atoms with E-state index < -0.39 is 22.8 Å². The maximum Gasteiger partial charge on any atom is 0.270 e. The summed E-state index contributed by atoms with van der Waals surface area (Å²) in [5.74, 6) is -1.66. The minimum Gasteiger partial charge on any atom is -0.381 e. The molecular weight excluding hydrogens is 278 g/mol. The van der Waals surface area contributed by atoms with Crippen LogP contribution in [0.3, 0.4) is 0 Å². The lowest BCUT2D eigenvalue weighted by atomic mass is 10.2. The Bertz CT molecular complexity index is 534. The molecular formula is C10H10ClN3O5. The molecule has 0 aliphatic heterocycles. The van der Waals surface area contributed by atoms with Gasteiger partial charge in [0.1, 0.15) is 6.10 Å². The van der Waals surface area contributed by atoms with Crippen LogP contribution in [0, 0.1) is 10.1 Å². The van der Waals surface area contributed by atoms with Gasteiger partial charge in [0.2, 0.25) is 5.91 Å². The normalized spacial score (nSPS) is 11.7. The number of carbonyl (C=O) groups excluding carboxylic acids is 2. The Labute approximate surface area is 112 Å². The highest BCUT2D eigenvalue weighted by Gasteiger charge is 2.17. The smallest absolute Gasteiger partial charge is 0.270 e. The molecule has 0 spiro atoms. The second-order valence-corrected chi connectivity index (χ2v) is 3.96. The molecule has 9 heteroatoms. The summed E-state index contributed by atoms with van der Waals surface area (Å²) in [5, 5.41) is 21.7. The molecule has 1 aromatic rings. The molecule has 0 radical (unpaired) electrons. The zero-order valence-electron chi connectivity index (χ0n) is 9.50. The van der Waals surface area contributed by atoms with E-state index in [-0.39, 0.29) is 22.8 Å². The number of nitrogens with one attached hydrogen (secondary N) is 1. The number of primary amides is 1. The molecule has 0 bridgehead atoms. The third kappa shape index (κ3) is 3.90. The average Bonchev–Trinajstić information content (AvgIpc) is 2.34. The molecule has 1 atom stereocenters. The standard InChI is InChI=1S/C10H10ClN3O5/c11-7-3-5(14(18)19)1-2-6(7)10(17)13-4-8(15)9(12)16/h1-3,8,15H,4H2,(H2,12,16)(H,13,17). The molecule has 0 aromatic heterocycles. The second-order valence-electron chi connectivity index (χ2n) is 3.55. The summed E-state index contributed by atoms with van der Waals surface area (Å²) in [6, 6.07) is 3.32. The first-order valence-electron chi connectivity index (χ1n) is 5.02. The van der Waals surface area contributed by atoms with Gasteiger partial charge in [-0.3, -0.25) is 19.7 Å². The first-order chi connectivity index (χ1) is 8.82. The molecule has 1 aromatic carbocycles. The van der Waals surface area contributed by atoms with Crippen LogP contribution in [0.5, 0.6) is 0 Å². The van der Waals surface area contributed by atoms with Crippen molar-refractivity contribution in [3.05, 3.63) is 38.9 Å². The maximum atomic E-state index is 11.6. The molecule has 1 rings (SSSR count). The van der Waals surface area contributed by atoms with Crippen LogP contribution in [0.1, 0.15) is 10.4 Å². The minimum atomic E-state index is -1.51. The number of amides is 2. The fraction of sp³-hybridized carbons (Fsp3) is 0.200. The summed E-state index contributed by atoms with van der Waals surface area (Å²) >= 11 is 5.73. The number of non-ortho nitro benzene ring substituents is 1. The maximum absolute atomic E-state index is 11.6. The Hall–Kier alpha value is -2.19. The first-order valence-corrected chi connectivity index (χ1v) is 5.40. The van der Waals surface area contributed by atoms with Crippen molar-refractivity contribution in [2.75, 3.05) is 6.54 Å². The van der Waals surface area contributed by atoms with Gasteiger partial charge in [-0.25, -0.2) is 0 Å². The molecule has 0 aliphatic rings. The zero-order chi connectivity index (χ0) is 14.6. The Morgan fingerprint density at radius 1 is 1.53 bits per heavy atom. The SMILES string of the molecule is NC(=O)C(O)CNC(=O)c1ccc([N+](=O)[O-])cc1Cl. The summed E-state index contributed by atoms with van der Waals surface area (Å²) < 4.78 is 0. The van der Waals surface area contributed by atoms with Gasteiger partial charge in [0.25, 0.3) is 11.6 Å². The first kappa shape index (κ1) is 14.9. The van der Waals surface area contributed by atoms with Crippen LogP contribution >= 0.6 is 11.6 Å². The molecule has 2 amide bonds. The van der Waals surface area contributed by atoms with E-state index in [2.05, 4.69) is 5.32 Å². The van der Waals surface area contributed by atoms with E-state index in [0.717, 1.165) is 12.1 Å². The van der Waals surface area contributed by atoms with E-state index in [4.69, 9.17) is 22.4 Å². The van der Waals surface area contributed by atoms with E-state index in [0.29, 0.717) is 0 Å². The lowest BCUT2D eigenvalue weighted by Gasteiger charge is -2.09. The number of halogens is 1. The number of hydrogen-bond acceptors (Lipinski definition) is 5. The molecule has 0 fully saturated rings. The van der Waals surface area contributed by atoms with Gasteiger partial charge in [-0.15, -0.1) is 0 Å². The van der Waals surface area contributed by atoms with Crippen molar-refractivity contribution in [2.45, 2.75) is 6.10 Å². The number of nitro benzene ring substituents is 1. The minimum absolute atomic E-state index is 0.0102. The third-order valence-corrected chi connectivity index (χ3v) is 2.51. The van der Waals surface area contributed by atoms with Crippen molar-refractivity contribution in [2.24, 2.45) is 5.73 Å². The summed E-state index contributed by atoms with van der Waals surface area (Å²) in [6.07, 6.45) is -1.51. The van der Waals surface area contributed by atoms with Crippen LogP contribution in [-0.2, 0) is 4.79 Å². The number of nitrogens with two attached hydrogens (primary N) is 1. The predicted octanol–water partition coefficient (Wildman–Crippen LogP) is -0.176. The quantitative estimate of drug-likeness (QED) is 0.510. The lowest BCUT2D eigenvalue weighted by molar-refractivity contribution is -0.384. The van der Waals surface area contributed by atoms with Crippen molar-refractivity contribution in [1.29, 1.82) is 0 Å². The van der Waals surface area contributed by atoms with Crippen LogP contribution in [0.4, 0.5) is 5.69 Å². The second kappa shape index (κ2) is 6.12. The Morgan fingerprint density at radius 3 is 2.63 bits per heavy atom. The highest BCUT2D eigenvalue weighted by atomic mass is 35.5. The van der Waals surface area contributed by atoms with E-state index in [1.165, 1.54) is 6.07 Å². The van der Waals surface area contributed by atoms with Crippen LogP contribution in [0.15, 0.2) is 18.2 Å². The number of aliphatic hydroxyl groups excluding tert-OH is 1. The Balaban J connectivity index is 2.78. The monoisotopic (exact) mass is 287 g/mol. The van der Waals surface area contributed by atoms with E-state index >= 15 is 0 Å². The molecule has 1 unspecified atom stereocenters. The molecule has 0 saturated carbocycles. The average molecular weight is 288 g/mol. The zero-order valence-corrected chi connectivity index (χ0v) is 10.3. The van der Waals surface area contributed by atoms with Gasteiger partial charge < -0.3 is 16.2 Å². The summed E-state index contributed by atoms with van der Waals surface area (Å²) in [7, 11) is 0. The van der Waals surface area contributed by atoms with Crippen molar-refractivity contribution in [1.82, 2.24) is 5.32 Å². The van der Waals surface area contributed by atoms with Gasteiger partial charge in [-0.2, -0.15) is 0 Å². The van der Waals surface area contributed by atoms with Gasteiger partial charge in [-0.05, 0) is 6.07 Å². The van der Waals surface area contributed by atoms with Gasteiger partial charge in [0.05, 0.1) is 22.1 Å². The van der Waals surface area contributed by atoms with Gasteiger partial charge in [0, 0.05) is 12.1 Å². The van der Waals surface area contributed by atoms with Crippen LogP contribution in [-0.4, -0.2) is 34.5 Å². The van der Waals surface area contributed by atoms with Crippen LogP contribution in [0.25, 0.3) is 0 Å². The molecule has 4 N–H and O–H groups in total. The van der Waals surface area contributed by atoms with Gasteiger partial charge in [-0.1, -0.05) is 11.6 Å². The topological polar surface area (TPSA) is 136 Å². The fourth-order valence-corrected chi connectivity index (χ4v) is 1.45. The van der Waals surface area contributed by atoms with E-state index in [1.807, 2.05) is 0 Å². The number of rotatable bonds is 5. The number of benzene rings is 1. The van der Waals surface area contributed by atoms with Crippen LogP contribution in [0.2, 0.25) is 5.02 Å². The molecule has 0 saturated heterocycles. The van der Waals surface area contributed by atoms with Crippen molar-refractivity contribution < 1.29 is 19.6 Å². The number of carbonyl (C=O) groups is 2. The number of hydrogen-bond donors (Lipinski definition) is 3. The molecule has 8 nitrogen and oxygen atoms in total. The van der Waals surface area contributed by atoms with E-state index in [1.54, 1.807) is 0 Å². The summed E-state index contributed by atoms with van der Waals surface area (Å²) in [6.45, 7) is -0.374.